The molecule has 4 heterocycles. The van der Waals surface area contributed by atoms with Crippen molar-refractivity contribution in [1.82, 2.24) is 24.8 Å². The molecule has 3 aromatic rings. The van der Waals surface area contributed by atoms with Gasteiger partial charge in [0, 0.05) is 63.1 Å². The Labute approximate surface area is 149 Å². The summed E-state index contributed by atoms with van der Waals surface area (Å²) in [4.78, 5) is 33.1. The predicted molar refractivity (Wildman–Crippen MR) is 97.7 cm³/mol. The highest BCUT2D eigenvalue weighted by Crippen LogP contribution is 2.20. The summed E-state index contributed by atoms with van der Waals surface area (Å²) in [7, 11) is 0. The lowest BCUT2D eigenvalue weighted by Gasteiger charge is -2.34. The first-order valence-corrected chi connectivity index (χ1v) is 9.03. The lowest BCUT2D eigenvalue weighted by atomic mass is 10.2. The molecule has 1 saturated heterocycles. The summed E-state index contributed by atoms with van der Waals surface area (Å²) in [6.07, 6.45) is 6.98. The van der Waals surface area contributed by atoms with Crippen LogP contribution >= 0.6 is 11.3 Å². The van der Waals surface area contributed by atoms with Crippen LogP contribution in [0.4, 0.5) is 5.82 Å². The molecule has 0 atom stereocenters. The molecule has 1 aliphatic heterocycles. The van der Waals surface area contributed by atoms with Gasteiger partial charge in [-0.1, -0.05) is 6.07 Å². The lowest BCUT2D eigenvalue weighted by Crippen LogP contribution is -2.47. The molecular weight excluding hydrogens is 336 g/mol. The van der Waals surface area contributed by atoms with E-state index >= 15 is 0 Å². The van der Waals surface area contributed by atoms with Crippen LogP contribution in [0.25, 0.3) is 10.7 Å². The van der Waals surface area contributed by atoms with Gasteiger partial charge in [-0.15, -0.1) is 11.3 Å². The average molecular weight is 354 g/mol. The molecule has 128 valence electrons. The van der Waals surface area contributed by atoms with Crippen LogP contribution in [0.1, 0.15) is 5.56 Å². The molecule has 0 spiro atoms. The highest BCUT2D eigenvalue weighted by atomic mass is 32.1. The third-order valence-corrected chi connectivity index (χ3v) is 5.08. The van der Waals surface area contributed by atoms with Gasteiger partial charge in [0.15, 0.2) is 11.6 Å². The maximum atomic E-state index is 11.8. The summed E-state index contributed by atoms with van der Waals surface area (Å²) in [5.41, 5.74) is 0.970. The first kappa shape index (κ1) is 15.9. The van der Waals surface area contributed by atoms with E-state index in [-0.39, 0.29) is 5.56 Å². The summed E-state index contributed by atoms with van der Waals surface area (Å²) in [6.45, 7) is 4.14. The molecule has 0 unspecified atom stereocenters. The molecule has 0 amide bonds. The second kappa shape index (κ2) is 7.12. The summed E-state index contributed by atoms with van der Waals surface area (Å²) >= 11 is 1.64. The fourth-order valence-corrected chi connectivity index (χ4v) is 3.59. The topological polar surface area (TPSA) is 78.0 Å². The smallest absolute Gasteiger partial charge is 0.290 e. The van der Waals surface area contributed by atoms with Crippen LogP contribution in [0, 0.1) is 0 Å². The van der Waals surface area contributed by atoms with Crippen molar-refractivity contribution < 1.29 is 0 Å². The number of aromatic nitrogens is 4. The van der Waals surface area contributed by atoms with Crippen molar-refractivity contribution in [3.63, 3.8) is 0 Å². The molecule has 0 aromatic carbocycles. The molecule has 8 heteroatoms. The predicted octanol–water partition coefficient (Wildman–Crippen LogP) is 1.61. The van der Waals surface area contributed by atoms with Gasteiger partial charge in [-0.3, -0.25) is 9.69 Å². The Hall–Kier alpha value is -2.58. The largest absolute Gasteiger partial charge is 0.349 e. The van der Waals surface area contributed by atoms with Crippen molar-refractivity contribution >= 4 is 17.2 Å². The van der Waals surface area contributed by atoms with Crippen molar-refractivity contribution in [2.45, 2.75) is 6.54 Å². The van der Waals surface area contributed by atoms with Crippen molar-refractivity contribution in [1.29, 1.82) is 0 Å². The SMILES string of the molecule is O=c1[nH]ccnc1N1CCN(Cc2cnc(-c3cccs3)nc2)CC1. The number of rotatable bonds is 4. The molecule has 0 saturated carbocycles. The van der Waals surface area contributed by atoms with Gasteiger partial charge in [-0.05, 0) is 11.4 Å². The number of hydrogen-bond acceptors (Lipinski definition) is 7. The Kier molecular flexibility index (Phi) is 4.53. The van der Waals surface area contributed by atoms with E-state index in [2.05, 4.69) is 24.8 Å². The van der Waals surface area contributed by atoms with Gasteiger partial charge < -0.3 is 9.88 Å². The van der Waals surface area contributed by atoms with Crippen LogP contribution in [0.15, 0.2) is 47.1 Å². The number of piperazine rings is 1. The highest BCUT2D eigenvalue weighted by molar-refractivity contribution is 7.13. The van der Waals surface area contributed by atoms with Crippen LogP contribution < -0.4 is 10.5 Å². The van der Waals surface area contributed by atoms with Crippen LogP contribution in [-0.2, 0) is 6.54 Å². The molecular formula is C17H18N6OS. The second-order valence-corrected chi connectivity index (χ2v) is 6.85. The van der Waals surface area contributed by atoms with E-state index in [1.165, 1.54) is 0 Å². The van der Waals surface area contributed by atoms with Gasteiger partial charge in [0.1, 0.15) is 0 Å². The summed E-state index contributed by atoms with van der Waals surface area (Å²) in [6, 6.07) is 4.03. The van der Waals surface area contributed by atoms with E-state index in [1.54, 1.807) is 23.7 Å². The molecule has 4 rings (SSSR count). The minimum Gasteiger partial charge on any atom is -0.349 e. The quantitative estimate of drug-likeness (QED) is 0.767. The van der Waals surface area contributed by atoms with Gasteiger partial charge in [-0.25, -0.2) is 15.0 Å². The minimum atomic E-state index is -0.131. The highest BCUT2D eigenvalue weighted by Gasteiger charge is 2.20. The van der Waals surface area contributed by atoms with Crippen molar-refractivity contribution in [2.24, 2.45) is 0 Å². The van der Waals surface area contributed by atoms with Crippen LogP contribution in [0.3, 0.4) is 0 Å². The molecule has 7 nitrogen and oxygen atoms in total. The molecule has 0 bridgehead atoms. The van der Waals surface area contributed by atoms with Crippen LogP contribution in [0.5, 0.6) is 0 Å². The maximum absolute atomic E-state index is 11.8. The number of nitrogens with zero attached hydrogens (tertiary/aromatic N) is 5. The van der Waals surface area contributed by atoms with Gasteiger partial charge in [0.05, 0.1) is 4.88 Å². The van der Waals surface area contributed by atoms with E-state index < -0.39 is 0 Å². The third-order valence-electron chi connectivity index (χ3n) is 4.21. The normalized spacial score (nSPS) is 15.4. The summed E-state index contributed by atoms with van der Waals surface area (Å²) in [5.74, 6) is 1.28. The van der Waals surface area contributed by atoms with E-state index in [1.807, 2.05) is 34.8 Å². The van der Waals surface area contributed by atoms with E-state index in [0.717, 1.165) is 49.0 Å². The molecule has 25 heavy (non-hydrogen) atoms. The Morgan fingerprint density at radius 3 is 2.60 bits per heavy atom. The maximum Gasteiger partial charge on any atom is 0.290 e. The Balaban J connectivity index is 1.36. The van der Waals surface area contributed by atoms with E-state index in [4.69, 9.17) is 0 Å². The first-order chi connectivity index (χ1) is 12.3. The molecule has 1 fully saturated rings. The number of anilines is 1. The fourth-order valence-electron chi connectivity index (χ4n) is 2.91. The molecule has 3 aromatic heterocycles. The van der Waals surface area contributed by atoms with E-state index in [9.17, 15) is 4.79 Å². The zero-order valence-electron chi connectivity index (χ0n) is 13.6. The zero-order valence-corrected chi connectivity index (χ0v) is 14.4. The summed E-state index contributed by atoms with van der Waals surface area (Å²) in [5, 5.41) is 2.03. The Bertz CT molecular complexity index is 869. The standard InChI is InChI=1S/C17H18N6OS/c24-17-16(18-3-4-19-17)23-7-5-22(6-8-23)12-13-10-20-15(21-11-13)14-2-1-9-25-14/h1-4,9-11H,5-8,12H2,(H,19,24). The Morgan fingerprint density at radius 1 is 1.12 bits per heavy atom. The molecule has 0 aliphatic carbocycles. The Morgan fingerprint density at radius 2 is 1.92 bits per heavy atom. The number of aromatic amines is 1. The number of nitrogens with one attached hydrogen (secondary N) is 1. The van der Waals surface area contributed by atoms with Crippen molar-refractivity contribution in [3.8, 4) is 10.7 Å². The first-order valence-electron chi connectivity index (χ1n) is 8.15. The van der Waals surface area contributed by atoms with E-state index in [0.29, 0.717) is 5.82 Å². The van der Waals surface area contributed by atoms with Crippen molar-refractivity contribution in [3.05, 3.63) is 58.2 Å². The summed E-state index contributed by atoms with van der Waals surface area (Å²) < 4.78 is 0. The fraction of sp³-hybridized carbons (Fsp3) is 0.294. The monoisotopic (exact) mass is 354 g/mol. The molecule has 1 N–H and O–H groups in total. The van der Waals surface area contributed by atoms with Gasteiger partial charge >= 0.3 is 0 Å². The van der Waals surface area contributed by atoms with Crippen LogP contribution in [-0.4, -0.2) is 51.0 Å². The number of H-pyrrole nitrogens is 1. The lowest BCUT2D eigenvalue weighted by molar-refractivity contribution is 0.248. The molecule has 0 radical (unpaired) electrons. The number of thiophene rings is 1. The van der Waals surface area contributed by atoms with Gasteiger partial charge in [-0.2, -0.15) is 0 Å². The van der Waals surface area contributed by atoms with Gasteiger partial charge in [0.2, 0.25) is 0 Å². The zero-order chi connectivity index (χ0) is 17.1. The average Bonchev–Trinajstić information content (AvgIpc) is 3.18. The van der Waals surface area contributed by atoms with Crippen molar-refractivity contribution in [2.75, 3.05) is 31.1 Å². The number of hydrogen-bond donors (Lipinski definition) is 1. The third kappa shape index (κ3) is 3.59. The van der Waals surface area contributed by atoms with Crippen LogP contribution in [0.2, 0.25) is 0 Å². The van der Waals surface area contributed by atoms with Gasteiger partial charge in [0.25, 0.3) is 5.56 Å². The minimum absolute atomic E-state index is 0.131. The second-order valence-electron chi connectivity index (χ2n) is 5.90. The molecule has 1 aliphatic rings.